The third-order valence-electron chi connectivity index (χ3n) is 4.69. The summed E-state index contributed by atoms with van der Waals surface area (Å²) in [5.41, 5.74) is 1.32. The minimum atomic E-state index is -3.60. The van der Waals surface area contributed by atoms with Gasteiger partial charge in [-0.25, -0.2) is 27.2 Å². The van der Waals surface area contributed by atoms with Gasteiger partial charge in [-0.2, -0.15) is 5.10 Å². The van der Waals surface area contributed by atoms with Crippen molar-refractivity contribution in [2.24, 2.45) is 0 Å². The van der Waals surface area contributed by atoms with E-state index in [9.17, 15) is 13.2 Å². The van der Waals surface area contributed by atoms with E-state index in [4.69, 9.17) is 0 Å². The van der Waals surface area contributed by atoms with Crippen LogP contribution in [0.4, 0.5) is 0 Å². The first kappa shape index (κ1) is 19.4. The van der Waals surface area contributed by atoms with Crippen LogP contribution in [0.2, 0.25) is 0 Å². The van der Waals surface area contributed by atoms with E-state index >= 15 is 0 Å². The van der Waals surface area contributed by atoms with Crippen molar-refractivity contribution in [1.29, 1.82) is 0 Å². The number of hydrogen-bond donors (Lipinski definition) is 1. The maximum Gasteiger partial charge on any atom is 0.350 e. The number of rotatable bonds is 8. The summed E-state index contributed by atoms with van der Waals surface area (Å²) in [7, 11) is -3.60. The lowest BCUT2D eigenvalue weighted by atomic mass is 10.2. The van der Waals surface area contributed by atoms with Gasteiger partial charge in [-0.15, -0.1) is 0 Å². The van der Waals surface area contributed by atoms with Crippen LogP contribution in [-0.2, 0) is 16.6 Å². The van der Waals surface area contributed by atoms with Gasteiger partial charge in [-0.1, -0.05) is 48.5 Å². The molecule has 0 amide bonds. The maximum atomic E-state index is 12.9. The van der Waals surface area contributed by atoms with Gasteiger partial charge >= 0.3 is 5.69 Å². The second kappa shape index (κ2) is 8.18. The molecule has 1 aromatic heterocycles. The minimum absolute atomic E-state index is 0.0806. The molecule has 8 heteroatoms. The zero-order valence-corrected chi connectivity index (χ0v) is 16.6. The molecule has 29 heavy (non-hydrogen) atoms. The number of nitrogens with one attached hydrogen (secondary N) is 1. The fourth-order valence-electron chi connectivity index (χ4n) is 3.07. The summed E-state index contributed by atoms with van der Waals surface area (Å²) in [6.07, 6.45) is 3.56. The van der Waals surface area contributed by atoms with Gasteiger partial charge in [-0.3, -0.25) is 0 Å². The Balaban J connectivity index is 1.46. The van der Waals surface area contributed by atoms with Crippen molar-refractivity contribution in [3.63, 3.8) is 0 Å². The van der Waals surface area contributed by atoms with E-state index in [0.717, 1.165) is 35.3 Å². The second-order valence-corrected chi connectivity index (χ2v) is 8.61. The first-order chi connectivity index (χ1) is 14.0. The summed E-state index contributed by atoms with van der Waals surface area (Å²) in [6, 6.07) is 18.6. The Hall–Kier alpha value is -2.97. The number of nitrogens with zero attached hydrogens (tertiary/aromatic N) is 3. The summed E-state index contributed by atoms with van der Waals surface area (Å²) >= 11 is 0. The van der Waals surface area contributed by atoms with Crippen molar-refractivity contribution in [3.8, 4) is 5.69 Å². The average molecular weight is 410 g/mol. The van der Waals surface area contributed by atoms with E-state index in [2.05, 4.69) is 9.82 Å². The van der Waals surface area contributed by atoms with Crippen LogP contribution in [0, 0.1) is 0 Å². The Morgan fingerprint density at radius 2 is 1.69 bits per heavy atom. The number of hydrogen-bond acceptors (Lipinski definition) is 4. The Labute approximate surface area is 169 Å². The molecule has 0 bridgehead atoms. The highest BCUT2D eigenvalue weighted by Gasteiger charge is 2.31. The third kappa shape index (κ3) is 4.72. The largest absolute Gasteiger partial charge is 0.350 e. The van der Waals surface area contributed by atoms with Crippen LogP contribution in [0.1, 0.15) is 30.1 Å². The number of para-hydroxylation sites is 1. The first-order valence-electron chi connectivity index (χ1n) is 9.51. The van der Waals surface area contributed by atoms with Crippen LogP contribution in [0.15, 0.2) is 70.9 Å². The molecule has 0 saturated heterocycles. The number of aromatic nitrogens is 3. The highest BCUT2D eigenvalue weighted by molar-refractivity contribution is 7.92. The zero-order valence-electron chi connectivity index (χ0n) is 15.8. The highest BCUT2D eigenvalue weighted by Crippen LogP contribution is 2.39. The van der Waals surface area contributed by atoms with Gasteiger partial charge in [0.2, 0.25) is 10.0 Å². The lowest BCUT2D eigenvalue weighted by molar-refractivity contribution is 0.556. The molecule has 0 atom stereocenters. The average Bonchev–Trinajstić information content (AvgIpc) is 3.52. The van der Waals surface area contributed by atoms with Gasteiger partial charge in [-0.05, 0) is 36.6 Å². The van der Waals surface area contributed by atoms with Crippen LogP contribution in [0.25, 0.3) is 11.8 Å². The fourth-order valence-corrected chi connectivity index (χ4v) is 3.88. The second-order valence-electron chi connectivity index (χ2n) is 6.96. The Bertz CT molecular complexity index is 1160. The van der Waals surface area contributed by atoms with Gasteiger partial charge in [0.1, 0.15) is 5.82 Å². The molecule has 150 valence electrons. The molecule has 1 fully saturated rings. The van der Waals surface area contributed by atoms with Crippen molar-refractivity contribution in [2.75, 3.05) is 6.54 Å². The van der Waals surface area contributed by atoms with Crippen molar-refractivity contribution in [3.05, 3.63) is 87.9 Å². The predicted octanol–water partition coefficient (Wildman–Crippen LogP) is 2.50. The molecule has 0 radical (unpaired) electrons. The van der Waals surface area contributed by atoms with Crippen molar-refractivity contribution in [1.82, 2.24) is 19.1 Å². The Kier molecular flexibility index (Phi) is 5.46. The van der Waals surface area contributed by atoms with Crippen molar-refractivity contribution < 1.29 is 8.42 Å². The summed E-state index contributed by atoms with van der Waals surface area (Å²) in [5, 5.41) is 5.60. The first-order valence-corrected chi connectivity index (χ1v) is 11.1. The number of benzene rings is 2. The number of sulfonamides is 1. The van der Waals surface area contributed by atoms with Gasteiger partial charge in [0.15, 0.2) is 0 Å². The van der Waals surface area contributed by atoms with E-state index in [1.165, 1.54) is 10.8 Å². The van der Waals surface area contributed by atoms with Crippen molar-refractivity contribution >= 4 is 16.1 Å². The molecule has 1 aliphatic carbocycles. The molecule has 3 aromatic rings. The Morgan fingerprint density at radius 3 is 2.34 bits per heavy atom. The smallest absolute Gasteiger partial charge is 0.247 e. The highest BCUT2D eigenvalue weighted by atomic mass is 32.2. The predicted molar refractivity (Wildman–Crippen MR) is 112 cm³/mol. The lowest BCUT2D eigenvalue weighted by Gasteiger charge is -2.03. The van der Waals surface area contributed by atoms with Crippen LogP contribution >= 0.6 is 0 Å². The molecule has 1 heterocycles. The molecule has 1 saturated carbocycles. The molecule has 7 nitrogen and oxygen atoms in total. The van der Waals surface area contributed by atoms with Crippen LogP contribution in [-0.4, -0.2) is 29.3 Å². The van der Waals surface area contributed by atoms with E-state index < -0.39 is 10.0 Å². The standard InChI is InChI=1S/C21H22N4O3S/c26-21-24(15-14-22-29(27,28)16-13-17-7-3-1-4-8-17)23-20(18-11-12-18)25(21)19-9-5-2-6-10-19/h1-10,13,16,18,22H,11-12,14-15H2/b16-13+. The molecule has 1 N–H and O–H groups in total. The summed E-state index contributed by atoms with van der Waals surface area (Å²) in [4.78, 5) is 12.9. The van der Waals surface area contributed by atoms with Crippen LogP contribution < -0.4 is 10.4 Å². The molecular formula is C21H22N4O3S. The van der Waals surface area contributed by atoms with Gasteiger partial charge in [0.05, 0.1) is 12.2 Å². The minimum Gasteiger partial charge on any atom is -0.247 e. The van der Waals surface area contributed by atoms with Crippen molar-refractivity contribution in [2.45, 2.75) is 25.3 Å². The topological polar surface area (TPSA) is 86.0 Å². The summed E-state index contributed by atoms with van der Waals surface area (Å²) in [5.74, 6) is 1.03. The summed E-state index contributed by atoms with van der Waals surface area (Å²) < 4.78 is 29.8. The van der Waals surface area contributed by atoms with Gasteiger partial charge in [0, 0.05) is 17.9 Å². The normalized spacial score (nSPS) is 14.5. The van der Waals surface area contributed by atoms with Gasteiger partial charge < -0.3 is 0 Å². The van der Waals surface area contributed by atoms with Crippen LogP contribution in [0.5, 0.6) is 0 Å². The van der Waals surface area contributed by atoms with E-state index in [0.29, 0.717) is 0 Å². The Morgan fingerprint density at radius 1 is 1.03 bits per heavy atom. The molecular weight excluding hydrogens is 388 g/mol. The third-order valence-corrected chi connectivity index (χ3v) is 5.79. The maximum absolute atomic E-state index is 12.9. The molecule has 2 aromatic carbocycles. The fraction of sp³-hybridized carbons (Fsp3) is 0.238. The zero-order chi connectivity index (χ0) is 20.3. The molecule has 0 aliphatic heterocycles. The quantitative estimate of drug-likeness (QED) is 0.618. The monoisotopic (exact) mass is 410 g/mol. The lowest BCUT2D eigenvalue weighted by Crippen LogP contribution is -2.31. The molecule has 0 unspecified atom stereocenters. The van der Waals surface area contributed by atoms with E-state index in [-0.39, 0.29) is 24.7 Å². The van der Waals surface area contributed by atoms with E-state index in [1.807, 2.05) is 60.7 Å². The molecule has 1 aliphatic rings. The van der Waals surface area contributed by atoms with Crippen LogP contribution in [0.3, 0.4) is 0 Å². The molecule has 0 spiro atoms. The summed E-state index contributed by atoms with van der Waals surface area (Å²) in [6.45, 7) is 0.244. The van der Waals surface area contributed by atoms with Gasteiger partial charge in [0.25, 0.3) is 0 Å². The molecule has 4 rings (SSSR count). The SMILES string of the molecule is O=c1n(CCNS(=O)(=O)/C=C/c2ccccc2)nc(C2CC2)n1-c1ccccc1. The van der Waals surface area contributed by atoms with E-state index in [1.54, 1.807) is 4.57 Å².